The molecule has 7 heavy (non-hydrogen) atoms. The van der Waals surface area contributed by atoms with Gasteiger partial charge in [-0.3, -0.25) is 0 Å². The lowest BCUT2D eigenvalue weighted by atomic mass is 10.4. The van der Waals surface area contributed by atoms with Crippen molar-refractivity contribution in [3.8, 4) is 6.07 Å². The summed E-state index contributed by atoms with van der Waals surface area (Å²) in [6, 6.07) is 2.43. The third-order valence-corrected chi connectivity index (χ3v) is 1.98. The van der Waals surface area contributed by atoms with Crippen LogP contribution in [0.4, 0.5) is 0 Å². The second-order valence-corrected chi connectivity index (χ2v) is 2.58. The van der Waals surface area contributed by atoms with Crippen LogP contribution in [0, 0.1) is 11.3 Å². The maximum absolute atomic E-state index is 8.27. The van der Waals surface area contributed by atoms with Crippen LogP contribution < -0.4 is 5.32 Å². The van der Waals surface area contributed by atoms with E-state index < -0.39 is 0 Å². The molecule has 0 aromatic rings. The standard InChI is InChI=1S/C4H6N2S/c5-1-4-2-7-3-6-4/h4,6H,2-3H2/p+1/t4-/m1/s1. The quantitative estimate of drug-likeness (QED) is 0.446. The average Bonchev–Trinajstić information content (AvgIpc) is 2.14. The molecule has 0 bridgehead atoms. The van der Waals surface area contributed by atoms with E-state index in [1.54, 1.807) is 0 Å². The largest absolute Gasteiger partial charge is 0.323 e. The zero-order valence-corrected chi connectivity index (χ0v) is 4.74. The van der Waals surface area contributed by atoms with Crippen molar-refractivity contribution in [1.29, 1.82) is 5.26 Å². The van der Waals surface area contributed by atoms with Gasteiger partial charge in [0.15, 0.2) is 6.04 Å². The van der Waals surface area contributed by atoms with E-state index in [0.717, 1.165) is 11.6 Å². The number of nitriles is 1. The minimum atomic E-state index is 0.241. The minimum Gasteiger partial charge on any atom is -0.323 e. The van der Waals surface area contributed by atoms with Gasteiger partial charge >= 0.3 is 0 Å². The highest BCUT2D eigenvalue weighted by Gasteiger charge is 2.16. The summed E-state index contributed by atoms with van der Waals surface area (Å²) >= 11 is 1.83. The van der Waals surface area contributed by atoms with Gasteiger partial charge < -0.3 is 5.32 Å². The molecule has 0 aromatic heterocycles. The van der Waals surface area contributed by atoms with Crippen LogP contribution >= 0.6 is 11.8 Å². The third kappa shape index (κ3) is 1.08. The number of hydrogen-bond acceptors (Lipinski definition) is 2. The van der Waals surface area contributed by atoms with Crippen molar-refractivity contribution in [2.75, 3.05) is 11.6 Å². The minimum absolute atomic E-state index is 0.241. The first-order valence-electron chi connectivity index (χ1n) is 2.24. The molecular formula is C4H7N2S+. The molecule has 0 unspecified atom stereocenters. The molecule has 0 spiro atoms. The first kappa shape index (κ1) is 4.95. The normalized spacial score (nSPS) is 29.9. The van der Waals surface area contributed by atoms with Crippen LogP contribution in [0.2, 0.25) is 0 Å². The number of rotatable bonds is 0. The number of quaternary nitrogens is 1. The van der Waals surface area contributed by atoms with Crippen LogP contribution in [0.15, 0.2) is 0 Å². The van der Waals surface area contributed by atoms with Crippen molar-refractivity contribution in [2.45, 2.75) is 6.04 Å². The number of nitrogens with zero attached hydrogens (tertiary/aromatic N) is 1. The molecule has 3 heteroatoms. The molecule has 1 aliphatic heterocycles. The maximum Gasteiger partial charge on any atom is 0.183 e. The van der Waals surface area contributed by atoms with E-state index in [2.05, 4.69) is 11.4 Å². The lowest BCUT2D eigenvalue weighted by molar-refractivity contribution is -0.648. The van der Waals surface area contributed by atoms with Crippen molar-refractivity contribution in [2.24, 2.45) is 0 Å². The lowest BCUT2D eigenvalue weighted by Crippen LogP contribution is -2.86. The van der Waals surface area contributed by atoms with Crippen molar-refractivity contribution < 1.29 is 5.32 Å². The molecule has 0 amide bonds. The van der Waals surface area contributed by atoms with Crippen molar-refractivity contribution >= 4 is 11.8 Å². The Bertz CT molecular complexity index is 90.4. The van der Waals surface area contributed by atoms with E-state index in [1.807, 2.05) is 11.8 Å². The molecule has 1 fully saturated rings. The van der Waals surface area contributed by atoms with Gasteiger partial charge in [0.1, 0.15) is 11.9 Å². The number of nitrogens with two attached hydrogens (primary N) is 1. The monoisotopic (exact) mass is 115 g/mol. The summed E-state index contributed by atoms with van der Waals surface area (Å²) in [6.45, 7) is 0. The maximum atomic E-state index is 8.27. The Morgan fingerprint density at radius 3 is 3.00 bits per heavy atom. The molecule has 0 radical (unpaired) electrons. The Balaban J connectivity index is 2.31. The zero-order valence-electron chi connectivity index (χ0n) is 3.92. The van der Waals surface area contributed by atoms with Crippen LogP contribution in [0.3, 0.4) is 0 Å². The van der Waals surface area contributed by atoms with Crippen molar-refractivity contribution in [1.82, 2.24) is 0 Å². The zero-order chi connectivity index (χ0) is 5.11. The lowest BCUT2D eigenvalue weighted by Gasteiger charge is -1.86. The predicted molar refractivity (Wildman–Crippen MR) is 28.7 cm³/mol. The summed E-state index contributed by atoms with van der Waals surface area (Å²) in [7, 11) is 0. The molecule has 0 aromatic carbocycles. The van der Waals surface area contributed by atoms with Gasteiger partial charge in [0.25, 0.3) is 0 Å². The number of hydrogen-bond donors (Lipinski definition) is 1. The molecule has 1 atom stereocenters. The first-order valence-corrected chi connectivity index (χ1v) is 3.39. The molecule has 2 N–H and O–H groups in total. The smallest absolute Gasteiger partial charge is 0.183 e. The molecule has 1 heterocycles. The van der Waals surface area contributed by atoms with Gasteiger partial charge in [-0.2, -0.15) is 5.26 Å². The molecule has 1 saturated heterocycles. The fourth-order valence-electron chi connectivity index (χ4n) is 0.537. The summed E-state index contributed by atoms with van der Waals surface area (Å²) in [5.41, 5.74) is 0. The molecular weight excluding hydrogens is 108 g/mol. The van der Waals surface area contributed by atoms with E-state index in [0.29, 0.717) is 0 Å². The van der Waals surface area contributed by atoms with Gasteiger partial charge in [0.05, 0.1) is 5.75 Å². The van der Waals surface area contributed by atoms with Crippen LogP contribution in [0.25, 0.3) is 0 Å². The topological polar surface area (TPSA) is 40.4 Å². The fourth-order valence-corrected chi connectivity index (χ4v) is 1.51. The van der Waals surface area contributed by atoms with Crippen LogP contribution in [-0.4, -0.2) is 17.7 Å². The Labute approximate surface area is 46.9 Å². The van der Waals surface area contributed by atoms with E-state index in [-0.39, 0.29) is 6.04 Å². The van der Waals surface area contributed by atoms with Gasteiger partial charge in [0, 0.05) is 0 Å². The third-order valence-electron chi connectivity index (χ3n) is 0.962. The molecule has 1 aliphatic rings. The predicted octanol–water partition coefficient (Wildman–Crippen LogP) is -0.854. The van der Waals surface area contributed by atoms with Crippen LogP contribution in [0.5, 0.6) is 0 Å². The van der Waals surface area contributed by atoms with E-state index >= 15 is 0 Å². The van der Waals surface area contributed by atoms with E-state index in [9.17, 15) is 0 Å². The van der Waals surface area contributed by atoms with Crippen molar-refractivity contribution in [3.63, 3.8) is 0 Å². The summed E-state index contributed by atoms with van der Waals surface area (Å²) < 4.78 is 0. The molecule has 38 valence electrons. The van der Waals surface area contributed by atoms with Crippen LogP contribution in [0.1, 0.15) is 0 Å². The second-order valence-electron chi connectivity index (χ2n) is 1.51. The first-order chi connectivity index (χ1) is 3.43. The van der Waals surface area contributed by atoms with Gasteiger partial charge in [-0.1, -0.05) is 11.8 Å². The van der Waals surface area contributed by atoms with Gasteiger partial charge in [-0.05, 0) is 0 Å². The van der Waals surface area contributed by atoms with Gasteiger partial charge in [-0.25, -0.2) is 0 Å². The highest BCUT2D eigenvalue weighted by molar-refractivity contribution is 7.99. The average molecular weight is 115 g/mol. The van der Waals surface area contributed by atoms with Crippen molar-refractivity contribution in [3.05, 3.63) is 0 Å². The Hall–Kier alpha value is -0.200. The van der Waals surface area contributed by atoms with Gasteiger partial charge in [0.2, 0.25) is 0 Å². The summed E-state index contributed by atoms with van der Waals surface area (Å²) in [5.74, 6) is 2.08. The highest BCUT2D eigenvalue weighted by Crippen LogP contribution is 2.00. The molecule has 0 saturated carbocycles. The Morgan fingerprint density at radius 2 is 2.71 bits per heavy atom. The van der Waals surface area contributed by atoms with Gasteiger partial charge in [-0.15, -0.1) is 0 Å². The Morgan fingerprint density at radius 1 is 1.86 bits per heavy atom. The summed E-state index contributed by atoms with van der Waals surface area (Å²) in [4.78, 5) is 0. The fraction of sp³-hybridized carbons (Fsp3) is 0.750. The van der Waals surface area contributed by atoms with E-state index in [4.69, 9.17) is 5.26 Å². The SMILES string of the molecule is N#C[C@@H]1CSC[NH2+]1. The molecule has 1 rings (SSSR count). The van der Waals surface area contributed by atoms with Crippen LogP contribution in [-0.2, 0) is 0 Å². The number of thioether (sulfide) groups is 1. The Kier molecular flexibility index (Phi) is 1.55. The molecule has 0 aliphatic carbocycles. The summed E-state index contributed by atoms with van der Waals surface area (Å²) in [6.07, 6.45) is 0. The summed E-state index contributed by atoms with van der Waals surface area (Å²) in [5, 5.41) is 10.3. The second kappa shape index (κ2) is 2.20. The highest BCUT2D eigenvalue weighted by atomic mass is 32.2. The molecule has 2 nitrogen and oxygen atoms in total. The van der Waals surface area contributed by atoms with E-state index in [1.165, 1.54) is 0 Å².